The summed E-state index contributed by atoms with van der Waals surface area (Å²) in [6.45, 7) is 2.02. The van der Waals surface area contributed by atoms with Crippen LogP contribution in [0.5, 0.6) is 5.75 Å². The number of hydrogen-bond donors (Lipinski definition) is 0. The molecule has 0 fully saturated rings. The summed E-state index contributed by atoms with van der Waals surface area (Å²) in [7, 11) is 0. The molecule has 0 radical (unpaired) electrons. The highest BCUT2D eigenvalue weighted by molar-refractivity contribution is 5.86. The molecule has 0 aliphatic heterocycles. The Hall–Kier alpha value is -2.10. The van der Waals surface area contributed by atoms with E-state index in [0.717, 1.165) is 10.9 Å². The first kappa shape index (κ1) is 10.4. The van der Waals surface area contributed by atoms with E-state index < -0.39 is 6.16 Å². The molecule has 4 nitrogen and oxygen atoms in total. The number of para-hydroxylation sites is 1. The first-order valence-corrected chi connectivity index (χ1v) is 4.99. The van der Waals surface area contributed by atoms with Crippen molar-refractivity contribution in [2.75, 3.05) is 6.61 Å². The molecule has 0 N–H and O–H groups in total. The highest BCUT2D eigenvalue weighted by atomic mass is 16.7. The Morgan fingerprint density at radius 1 is 1.31 bits per heavy atom. The molecular weight excluding hydrogens is 206 g/mol. The van der Waals surface area contributed by atoms with Crippen LogP contribution in [0.15, 0.2) is 36.5 Å². The van der Waals surface area contributed by atoms with Gasteiger partial charge in [-0.3, -0.25) is 4.98 Å². The van der Waals surface area contributed by atoms with E-state index in [2.05, 4.69) is 4.98 Å². The molecule has 82 valence electrons. The van der Waals surface area contributed by atoms with Crippen molar-refractivity contribution in [1.29, 1.82) is 0 Å². The number of fused-ring (bicyclic) bond motifs is 1. The first-order chi connectivity index (χ1) is 7.81. The SMILES string of the molecule is CCOC(=O)Oc1ccnc2ccccc12. The normalized spacial score (nSPS) is 10.1. The van der Waals surface area contributed by atoms with Gasteiger partial charge >= 0.3 is 6.16 Å². The second kappa shape index (κ2) is 4.61. The molecule has 0 bridgehead atoms. The predicted octanol–water partition coefficient (Wildman–Crippen LogP) is 2.77. The fourth-order valence-corrected chi connectivity index (χ4v) is 1.40. The third-order valence-electron chi connectivity index (χ3n) is 2.06. The monoisotopic (exact) mass is 217 g/mol. The van der Waals surface area contributed by atoms with Crippen LogP contribution in [0.1, 0.15) is 6.92 Å². The van der Waals surface area contributed by atoms with Crippen LogP contribution < -0.4 is 4.74 Å². The van der Waals surface area contributed by atoms with E-state index in [0.29, 0.717) is 12.4 Å². The zero-order valence-corrected chi connectivity index (χ0v) is 8.84. The molecule has 0 saturated carbocycles. The number of nitrogens with zero attached hydrogens (tertiary/aromatic N) is 1. The lowest BCUT2D eigenvalue weighted by molar-refractivity contribution is 0.105. The number of aromatic nitrogens is 1. The van der Waals surface area contributed by atoms with E-state index in [1.54, 1.807) is 19.2 Å². The molecule has 2 rings (SSSR count). The summed E-state index contributed by atoms with van der Waals surface area (Å²) < 4.78 is 9.78. The molecule has 1 aromatic heterocycles. The number of ether oxygens (including phenoxy) is 2. The van der Waals surface area contributed by atoms with Gasteiger partial charge in [0.1, 0.15) is 5.75 Å². The van der Waals surface area contributed by atoms with Gasteiger partial charge in [-0.2, -0.15) is 0 Å². The molecule has 0 unspecified atom stereocenters. The van der Waals surface area contributed by atoms with Crippen LogP contribution in [0, 0.1) is 0 Å². The third kappa shape index (κ3) is 2.11. The summed E-state index contributed by atoms with van der Waals surface area (Å²) in [6, 6.07) is 9.08. The summed E-state index contributed by atoms with van der Waals surface area (Å²) in [4.78, 5) is 15.4. The first-order valence-electron chi connectivity index (χ1n) is 4.99. The summed E-state index contributed by atoms with van der Waals surface area (Å²) in [5.41, 5.74) is 0.782. The van der Waals surface area contributed by atoms with Crippen molar-refractivity contribution in [1.82, 2.24) is 4.98 Å². The van der Waals surface area contributed by atoms with Crippen LogP contribution in [0.2, 0.25) is 0 Å². The standard InChI is InChI=1S/C12H11NO3/c1-2-15-12(14)16-11-7-8-13-10-6-4-3-5-9(10)11/h3-8H,2H2,1H3. The highest BCUT2D eigenvalue weighted by Crippen LogP contribution is 2.23. The minimum atomic E-state index is -0.696. The fourth-order valence-electron chi connectivity index (χ4n) is 1.40. The maximum atomic E-state index is 11.2. The van der Waals surface area contributed by atoms with Gasteiger partial charge in [-0.1, -0.05) is 12.1 Å². The van der Waals surface area contributed by atoms with E-state index >= 15 is 0 Å². The fraction of sp³-hybridized carbons (Fsp3) is 0.167. The highest BCUT2D eigenvalue weighted by Gasteiger charge is 2.08. The van der Waals surface area contributed by atoms with Crippen molar-refractivity contribution in [3.8, 4) is 5.75 Å². The zero-order chi connectivity index (χ0) is 11.4. The van der Waals surface area contributed by atoms with Gasteiger partial charge < -0.3 is 9.47 Å². The molecule has 1 aromatic carbocycles. The van der Waals surface area contributed by atoms with Gasteiger partial charge in [-0.25, -0.2) is 4.79 Å². The molecule has 0 amide bonds. The Bertz CT molecular complexity index is 505. The topological polar surface area (TPSA) is 48.4 Å². The number of carbonyl (C=O) groups is 1. The van der Waals surface area contributed by atoms with E-state index in [9.17, 15) is 4.79 Å². The number of rotatable bonds is 2. The maximum Gasteiger partial charge on any atom is 0.513 e. The van der Waals surface area contributed by atoms with Crippen molar-refractivity contribution in [3.05, 3.63) is 36.5 Å². The van der Waals surface area contributed by atoms with Crippen molar-refractivity contribution in [2.45, 2.75) is 6.92 Å². The maximum absolute atomic E-state index is 11.2. The average Bonchev–Trinajstić information content (AvgIpc) is 2.30. The van der Waals surface area contributed by atoms with E-state index in [4.69, 9.17) is 9.47 Å². The lowest BCUT2D eigenvalue weighted by Crippen LogP contribution is -2.10. The molecule has 1 heterocycles. The number of carbonyl (C=O) groups excluding carboxylic acids is 1. The van der Waals surface area contributed by atoms with E-state index in [1.807, 2.05) is 24.3 Å². The molecule has 2 aromatic rings. The van der Waals surface area contributed by atoms with Gasteiger partial charge in [0.2, 0.25) is 0 Å². The summed E-state index contributed by atoms with van der Waals surface area (Å²) in [6.07, 6.45) is 0.899. The van der Waals surface area contributed by atoms with E-state index in [1.165, 1.54) is 0 Å². The summed E-state index contributed by atoms with van der Waals surface area (Å²) >= 11 is 0. The Morgan fingerprint density at radius 3 is 2.94 bits per heavy atom. The Morgan fingerprint density at radius 2 is 2.12 bits per heavy atom. The molecule has 4 heteroatoms. The predicted molar refractivity (Wildman–Crippen MR) is 59.4 cm³/mol. The van der Waals surface area contributed by atoms with Gasteiger partial charge in [-0.15, -0.1) is 0 Å². The van der Waals surface area contributed by atoms with Crippen molar-refractivity contribution in [3.63, 3.8) is 0 Å². The largest absolute Gasteiger partial charge is 0.513 e. The van der Waals surface area contributed by atoms with Crippen LogP contribution >= 0.6 is 0 Å². The van der Waals surface area contributed by atoms with Gasteiger partial charge in [0.15, 0.2) is 0 Å². The van der Waals surface area contributed by atoms with Crippen LogP contribution in [0.25, 0.3) is 10.9 Å². The molecule has 0 aliphatic carbocycles. The molecular formula is C12H11NO3. The smallest absolute Gasteiger partial charge is 0.434 e. The second-order valence-electron chi connectivity index (χ2n) is 3.11. The van der Waals surface area contributed by atoms with Crippen molar-refractivity contribution >= 4 is 17.1 Å². The van der Waals surface area contributed by atoms with Gasteiger partial charge in [0.05, 0.1) is 12.1 Å². The average molecular weight is 217 g/mol. The van der Waals surface area contributed by atoms with Crippen LogP contribution in [-0.2, 0) is 4.74 Å². The molecule has 16 heavy (non-hydrogen) atoms. The van der Waals surface area contributed by atoms with Gasteiger partial charge in [0, 0.05) is 17.6 Å². The summed E-state index contributed by atoms with van der Waals surface area (Å²) in [5.74, 6) is 0.462. The summed E-state index contributed by atoms with van der Waals surface area (Å²) in [5, 5.41) is 0.790. The van der Waals surface area contributed by atoms with Crippen LogP contribution in [0.4, 0.5) is 4.79 Å². The lowest BCUT2D eigenvalue weighted by Gasteiger charge is -2.06. The van der Waals surface area contributed by atoms with Gasteiger partial charge in [-0.05, 0) is 19.1 Å². The minimum Gasteiger partial charge on any atom is -0.434 e. The number of hydrogen-bond acceptors (Lipinski definition) is 4. The minimum absolute atomic E-state index is 0.294. The Kier molecular flexibility index (Phi) is 3.00. The molecule has 0 spiro atoms. The zero-order valence-electron chi connectivity index (χ0n) is 8.84. The number of benzene rings is 1. The van der Waals surface area contributed by atoms with Crippen LogP contribution in [-0.4, -0.2) is 17.7 Å². The molecule has 0 saturated heterocycles. The van der Waals surface area contributed by atoms with Crippen molar-refractivity contribution < 1.29 is 14.3 Å². The second-order valence-corrected chi connectivity index (χ2v) is 3.11. The van der Waals surface area contributed by atoms with Crippen molar-refractivity contribution in [2.24, 2.45) is 0 Å². The number of pyridine rings is 1. The molecule has 0 atom stereocenters. The van der Waals surface area contributed by atoms with Crippen LogP contribution in [0.3, 0.4) is 0 Å². The van der Waals surface area contributed by atoms with E-state index in [-0.39, 0.29) is 0 Å². The Balaban J connectivity index is 2.33. The Labute approximate surface area is 92.8 Å². The lowest BCUT2D eigenvalue weighted by atomic mass is 10.2. The quantitative estimate of drug-likeness (QED) is 0.726. The third-order valence-corrected chi connectivity index (χ3v) is 2.06. The molecule has 0 aliphatic rings. The van der Waals surface area contributed by atoms with Gasteiger partial charge in [0.25, 0.3) is 0 Å².